The lowest BCUT2D eigenvalue weighted by Crippen LogP contribution is -2.14. The number of hydrogen-bond acceptors (Lipinski definition) is 5. The largest absolute Gasteiger partial charge is 0.417 e. The summed E-state index contributed by atoms with van der Waals surface area (Å²) in [4.78, 5) is 0. The molecule has 0 aliphatic carbocycles. The fourth-order valence-electron chi connectivity index (χ4n) is 8.30. The third-order valence-corrected chi connectivity index (χ3v) is 10.9. The first-order chi connectivity index (χ1) is 29.8. The predicted octanol–water partition coefficient (Wildman–Crippen LogP) is 12.6. The molecular formula is C49H21F6N7. The van der Waals surface area contributed by atoms with Crippen LogP contribution in [0.4, 0.5) is 26.3 Å². The number of fused-ring (bicyclic) bond motifs is 6. The number of alkyl halides is 6. The van der Waals surface area contributed by atoms with Crippen molar-refractivity contribution in [3.05, 3.63) is 166 Å². The standard InChI is InChI=1S/C49H21F6N7/c50-48(51,52)39-2-1-3-40(49(53,54)55)47(39)32-9-15-45(61-41-11-5-27(22-56)16-34(41)35-17-28(23-57)6-12-42(35)61)38(21-32)33-10-4-31(26-60)20-46(33)62-43-13-7-29(24-58)18-36(43)37-19-30(25-59)8-14-44(37)62/h1-21H. The molecule has 0 saturated heterocycles. The molecule has 0 unspecified atom stereocenters. The second-order valence-corrected chi connectivity index (χ2v) is 14.3. The summed E-state index contributed by atoms with van der Waals surface area (Å²) in [5.74, 6) is 0. The van der Waals surface area contributed by atoms with Crippen molar-refractivity contribution in [3.63, 3.8) is 0 Å². The maximum atomic E-state index is 14.7. The molecule has 7 nitrogen and oxygen atoms in total. The lowest BCUT2D eigenvalue weighted by atomic mass is 9.90. The molecule has 0 fully saturated rings. The maximum absolute atomic E-state index is 14.7. The predicted molar refractivity (Wildman–Crippen MR) is 220 cm³/mol. The minimum atomic E-state index is -5.19. The Hall–Kier alpha value is -8.83. The Morgan fingerprint density at radius 3 is 1.13 bits per heavy atom. The molecule has 2 aromatic heterocycles. The summed E-state index contributed by atoms with van der Waals surface area (Å²) in [6.45, 7) is 0. The molecule has 0 saturated carbocycles. The van der Waals surface area contributed by atoms with Crippen LogP contribution in [-0.2, 0) is 12.4 Å². The van der Waals surface area contributed by atoms with E-state index in [9.17, 15) is 52.7 Å². The highest BCUT2D eigenvalue weighted by molar-refractivity contribution is 6.12. The first-order valence-electron chi connectivity index (χ1n) is 18.5. The Labute approximate surface area is 347 Å². The van der Waals surface area contributed by atoms with Crippen LogP contribution in [0.2, 0.25) is 0 Å². The van der Waals surface area contributed by atoms with Gasteiger partial charge >= 0.3 is 12.4 Å². The van der Waals surface area contributed by atoms with Crippen molar-refractivity contribution >= 4 is 43.6 Å². The fourth-order valence-corrected chi connectivity index (χ4v) is 8.30. The zero-order chi connectivity index (χ0) is 43.7. The molecule has 0 amide bonds. The van der Waals surface area contributed by atoms with Gasteiger partial charge in [0.2, 0.25) is 0 Å². The second kappa shape index (κ2) is 14.2. The summed E-state index contributed by atoms with van der Waals surface area (Å²) in [6, 6.07) is 40.6. The molecule has 0 aliphatic rings. The van der Waals surface area contributed by atoms with E-state index >= 15 is 0 Å². The summed E-state index contributed by atoms with van der Waals surface area (Å²) in [5.41, 5.74) is 0.0142. The van der Waals surface area contributed by atoms with E-state index in [1.165, 1.54) is 24.3 Å². The molecule has 7 aromatic carbocycles. The van der Waals surface area contributed by atoms with Gasteiger partial charge in [-0.05, 0) is 115 Å². The van der Waals surface area contributed by atoms with E-state index in [1.54, 1.807) is 94.1 Å². The Morgan fingerprint density at radius 1 is 0.371 bits per heavy atom. The molecule has 0 aliphatic heterocycles. The maximum Gasteiger partial charge on any atom is 0.417 e. The first-order valence-corrected chi connectivity index (χ1v) is 18.5. The quantitative estimate of drug-likeness (QED) is 0.163. The highest BCUT2D eigenvalue weighted by atomic mass is 19.4. The smallest absolute Gasteiger partial charge is 0.309 e. The molecule has 2 heterocycles. The van der Waals surface area contributed by atoms with Gasteiger partial charge in [0.15, 0.2) is 0 Å². The zero-order valence-corrected chi connectivity index (χ0v) is 31.5. The van der Waals surface area contributed by atoms with Crippen LogP contribution in [0.3, 0.4) is 0 Å². The molecule has 0 atom stereocenters. The summed E-state index contributed by atoms with van der Waals surface area (Å²) in [6.07, 6.45) is -10.4. The molecule has 62 heavy (non-hydrogen) atoms. The second-order valence-electron chi connectivity index (χ2n) is 14.3. The van der Waals surface area contributed by atoms with E-state index < -0.39 is 34.6 Å². The minimum absolute atomic E-state index is 0.150. The van der Waals surface area contributed by atoms with Gasteiger partial charge in [0.1, 0.15) is 0 Å². The summed E-state index contributed by atoms with van der Waals surface area (Å²) >= 11 is 0. The van der Waals surface area contributed by atoms with Crippen LogP contribution in [0.5, 0.6) is 0 Å². The van der Waals surface area contributed by atoms with E-state index in [0.717, 1.165) is 0 Å². The SMILES string of the molecule is N#Cc1ccc(-c2cc(-c3c(C(F)(F)F)cccc3C(F)(F)F)ccc2-n2c3ccc(C#N)cc3c3cc(C#N)ccc32)c(-n2c3ccc(C#N)cc3c3cc(C#N)ccc32)c1. The van der Waals surface area contributed by atoms with E-state index in [1.807, 2.05) is 0 Å². The molecule has 0 N–H and O–H groups in total. The molecule has 0 radical (unpaired) electrons. The van der Waals surface area contributed by atoms with Gasteiger partial charge in [-0.2, -0.15) is 52.7 Å². The number of benzene rings is 7. The van der Waals surface area contributed by atoms with Crippen LogP contribution in [-0.4, -0.2) is 9.13 Å². The number of rotatable bonds is 4. The third kappa shape index (κ3) is 6.11. The van der Waals surface area contributed by atoms with Crippen LogP contribution in [0.1, 0.15) is 38.9 Å². The molecule has 0 bridgehead atoms. The van der Waals surface area contributed by atoms with Gasteiger partial charge in [-0.3, -0.25) is 0 Å². The lowest BCUT2D eigenvalue weighted by Gasteiger charge is -2.22. The monoisotopic (exact) mass is 821 g/mol. The van der Waals surface area contributed by atoms with Crippen molar-refractivity contribution in [1.29, 1.82) is 26.3 Å². The van der Waals surface area contributed by atoms with Crippen molar-refractivity contribution in [2.24, 2.45) is 0 Å². The average molecular weight is 822 g/mol. The van der Waals surface area contributed by atoms with Crippen LogP contribution in [0.15, 0.2) is 127 Å². The number of nitrogens with zero attached hydrogens (tertiary/aromatic N) is 7. The van der Waals surface area contributed by atoms with Crippen LogP contribution in [0.25, 0.3) is 77.2 Å². The number of hydrogen-bond donors (Lipinski definition) is 0. The highest BCUT2D eigenvalue weighted by Crippen LogP contribution is 2.48. The van der Waals surface area contributed by atoms with Gasteiger partial charge in [0, 0.05) is 38.2 Å². The zero-order valence-electron chi connectivity index (χ0n) is 31.5. The van der Waals surface area contributed by atoms with Crippen LogP contribution < -0.4 is 0 Å². The van der Waals surface area contributed by atoms with Crippen molar-refractivity contribution in [1.82, 2.24) is 9.13 Å². The number of aromatic nitrogens is 2. The Bertz CT molecular complexity index is 3450. The van der Waals surface area contributed by atoms with E-state index in [0.29, 0.717) is 95.4 Å². The van der Waals surface area contributed by atoms with Crippen LogP contribution in [0, 0.1) is 56.7 Å². The van der Waals surface area contributed by atoms with Gasteiger partial charge in [-0.25, -0.2) is 0 Å². The molecule has 0 spiro atoms. The van der Waals surface area contributed by atoms with Crippen molar-refractivity contribution < 1.29 is 26.3 Å². The topological polar surface area (TPSA) is 129 Å². The Kier molecular flexibility index (Phi) is 8.84. The van der Waals surface area contributed by atoms with Gasteiger partial charge < -0.3 is 9.13 Å². The van der Waals surface area contributed by atoms with Crippen LogP contribution >= 0.6 is 0 Å². The summed E-state index contributed by atoms with van der Waals surface area (Å²) in [7, 11) is 0. The van der Waals surface area contributed by atoms with Crippen molar-refractivity contribution in [3.8, 4) is 64.0 Å². The molecule has 294 valence electrons. The summed E-state index contributed by atoms with van der Waals surface area (Å²) in [5, 5.41) is 51.8. The van der Waals surface area contributed by atoms with E-state index in [-0.39, 0.29) is 16.7 Å². The summed E-state index contributed by atoms with van der Waals surface area (Å²) < 4.78 is 92.0. The number of nitriles is 5. The lowest BCUT2D eigenvalue weighted by molar-refractivity contribution is -0.142. The first kappa shape index (κ1) is 38.7. The fraction of sp³-hybridized carbons (Fsp3) is 0.0408. The van der Waals surface area contributed by atoms with Gasteiger partial charge in [-0.15, -0.1) is 0 Å². The van der Waals surface area contributed by atoms with Crippen molar-refractivity contribution in [2.75, 3.05) is 0 Å². The van der Waals surface area contributed by atoms with Gasteiger partial charge in [0.25, 0.3) is 0 Å². The number of halogens is 6. The van der Waals surface area contributed by atoms with Crippen molar-refractivity contribution in [2.45, 2.75) is 12.4 Å². The third-order valence-electron chi connectivity index (χ3n) is 10.9. The Morgan fingerprint density at radius 2 is 0.742 bits per heavy atom. The Balaban J connectivity index is 1.47. The highest BCUT2D eigenvalue weighted by Gasteiger charge is 2.41. The van der Waals surface area contributed by atoms with Gasteiger partial charge in [0.05, 0.1) is 103 Å². The molecule has 9 aromatic rings. The normalized spacial score (nSPS) is 11.6. The minimum Gasteiger partial charge on any atom is -0.309 e. The molecule has 13 heteroatoms. The average Bonchev–Trinajstić information content (AvgIpc) is 3.78. The van der Waals surface area contributed by atoms with E-state index in [2.05, 4.69) is 30.3 Å². The van der Waals surface area contributed by atoms with E-state index in [4.69, 9.17) is 0 Å². The molecule has 9 rings (SSSR count). The van der Waals surface area contributed by atoms with Gasteiger partial charge in [-0.1, -0.05) is 18.2 Å². The molecular weight excluding hydrogens is 801 g/mol.